The lowest BCUT2D eigenvalue weighted by atomic mass is 10.2. The summed E-state index contributed by atoms with van der Waals surface area (Å²) >= 11 is 6.20. The molecule has 27 heavy (non-hydrogen) atoms. The predicted molar refractivity (Wildman–Crippen MR) is 111 cm³/mol. The lowest BCUT2D eigenvalue weighted by Gasteiger charge is -2.12. The van der Waals surface area contributed by atoms with Crippen LogP contribution in [0.4, 0.5) is 0 Å². The number of benzene rings is 3. The third-order valence-electron chi connectivity index (χ3n) is 4.61. The van der Waals surface area contributed by atoms with E-state index >= 15 is 0 Å². The molecule has 0 N–H and O–H groups in total. The second-order valence-corrected chi connectivity index (χ2v) is 6.99. The molecule has 0 fully saturated rings. The Morgan fingerprint density at radius 1 is 0.963 bits per heavy atom. The number of hydrogen-bond donors (Lipinski definition) is 0. The number of hydrogen-bond acceptors (Lipinski definition) is 2. The molecule has 4 heteroatoms. The van der Waals surface area contributed by atoms with Crippen molar-refractivity contribution in [2.75, 3.05) is 6.61 Å². The predicted octanol–water partition coefficient (Wildman–Crippen LogP) is 6.13. The normalized spacial score (nSPS) is 11.0. The van der Waals surface area contributed by atoms with Crippen LogP contribution in [0.1, 0.15) is 12.0 Å². The summed E-state index contributed by atoms with van der Waals surface area (Å²) in [5, 5.41) is 0.717. The van der Waals surface area contributed by atoms with Crippen molar-refractivity contribution in [1.82, 2.24) is 9.55 Å². The van der Waals surface area contributed by atoms with Crippen LogP contribution < -0.4 is 4.74 Å². The van der Waals surface area contributed by atoms with Crippen molar-refractivity contribution in [3.05, 3.63) is 83.4 Å². The minimum atomic E-state index is 0.659. The van der Waals surface area contributed by atoms with Gasteiger partial charge in [0.2, 0.25) is 0 Å². The molecule has 136 valence electrons. The van der Waals surface area contributed by atoms with E-state index in [1.54, 1.807) is 0 Å². The van der Waals surface area contributed by atoms with E-state index in [1.165, 1.54) is 0 Å². The van der Waals surface area contributed by atoms with Crippen molar-refractivity contribution >= 4 is 22.6 Å². The van der Waals surface area contributed by atoms with Gasteiger partial charge in [0.05, 0.1) is 17.6 Å². The monoisotopic (exact) mass is 376 g/mol. The fourth-order valence-electron chi connectivity index (χ4n) is 3.27. The third kappa shape index (κ3) is 3.83. The first-order chi connectivity index (χ1) is 13.2. The smallest absolute Gasteiger partial charge is 0.141 e. The van der Waals surface area contributed by atoms with Crippen LogP contribution in [-0.4, -0.2) is 16.2 Å². The maximum Gasteiger partial charge on any atom is 0.141 e. The maximum atomic E-state index is 6.20. The molecule has 4 rings (SSSR count). The summed E-state index contributed by atoms with van der Waals surface area (Å²) in [7, 11) is 0. The van der Waals surface area contributed by atoms with Crippen molar-refractivity contribution in [2.24, 2.45) is 0 Å². The molecule has 0 atom stereocenters. The fraction of sp³-hybridized carbons (Fsp3) is 0.174. The van der Waals surface area contributed by atoms with Gasteiger partial charge in [0.15, 0.2) is 0 Å². The van der Waals surface area contributed by atoms with E-state index in [1.807, 2.05) is 60.7 Å². The number of ether oxygens (including phenoxy) is 1. The molecule has 0 saturated heterocycles. The molecule has 0 aliphatic rings. The summed E-state index contributed by atoms with van der Waals surface area (Å²) in [6.07, 6.45) is 0.891. The number of halogens is 1. The average molecular weight is 377 g/mol. The third-order valence-corrected chi connectivity index (χ3v) is 4.85. The van der Waals surface area contributed by atoms with Gasteiger partial charge in [-0.3, -0.25) is 0 Å². The van der Waals surface area contributed by atoms with E-state index in [0.717, 1.165) is 46.7 Å². The fourth-order valence-corrected chi connectivity index (χ4v) is 3.46. The van der Waals surface area contributed by atoms with Gasteiger partial charge in [-0.15, -0.1) is 0 Å². The highest BCUT2D eigenvalue weighted by Gasteiger charge is 2.12. The quantitative estimate of drug-likeness (QED) is 0.378. The molecule has 0 aliphatic carbocycles. The number of para-hydroxylation sites is 3. The SMILES string of the molecule is Cc1ccccc1OCCCn1c(-c2cccc(Cl)c2)nc2ccccc21. The van der Waals surface area contributed by atoms with Gasteiger partial charge in [-0.2, -0.15) is 0 Å². The molecule has 0 radical (unpaired) electrons. The van der Waals surface area contributed by atoms with Crippen LogP contribution in [0.15, 0.2) is 72.8 Å². The van der Waals surface area contributed by atoms with Crippen LogP contribution in [0, 0.1) is 6.92 Å². The minimum Gasteiger partial charge on any atom is -0.493 e. The van der Waals surface area contributed by atoms with Gasteiger partial charge < -0.3 is 9.30 Å². The van der Waals surface area contributed by atoms with Gasteiger partial charge >= 0.3 is 0 Å². The Bertz CT molecular complexity index is 1070. The van der Waals surface area contributed by atoms with Gasteiger partial charge in [0.1, 0.15) is 11.6 Å². The Kier molecular flexibility index (Phi) is 5.12. The van der Waals surface area contributed by atoms with Crippen LogP contribution >= 0.6 is 11.6 Å². The van der Waals surface area contributed by atoms with Crippen LogP contribution in [-0.2, 0) is 6.54 Å². The number of fused-ring (bicyclic) bond motifs is 1. The zero-order valence-corrected chi connectivity index (χ0v) is 16.0. The van der Waals surface area contributed by atoms with E-state index in [9.17, 15) is 0 Å². The molecule has 0 spiro atoms. The second-order valence-electron chi connectivity index (χ2n) is 6.55. The summed E-state index contributed by atoms with van der Waals surface area (Å²) in [5.41, 5.74) is 4.30. The number of aromatic nitrogens is 2. The topological polar surface area (TPSA) is 27.1 Å². The molecule has 0 bridgehead atoms. The zero-order valence-electron chi connectivity index (χ0n) is 15.2. The largest absolute Gasteiger partial charge is 0.493 e. The number of rotatable bonds is 6. The first kappa shape index (κ1) is 17.6. The number of imidazole rings is 1. The molecular weight excluding hydrogens is 356 g/mol. The Labute approximate surface area is 164 Å². The molecule has 3 nitrogen and oxygen atoms in total. The number of nitrogens with zero attached hydrogens (tertiary/aromatic N) is 2. The van der Waals surface area contributed by atoms with E-state index in [2.05, 4.69) is 23.6 Å². The maximum absolute atomic E-state index is 6.20. The summed E-state index contributed by atoms with van der Waals surface area (Å²) < 4.78 is 8.21. The van der Waals surface area contributed by atoms with Crippen LogP contribution in [0.2, 0.25) is 5.02 Å². The van der Waals surface area contributed by atoms with E-state index < -0.39 is 0 Å². The van der Waals surface area contributed by atoms with Crippen LogP contribution in [0.5, 0.6) is 5.75 Å². The Morgan fingerprint density at radius 2 is 1.78 bits per heavy atom. The summed E-state index contributed by atoms with van der Waals surface area (Å²) in [5.74, 6) is 1.89. The molecule has 1 heterocycles. The molecule has 0 unspecified atom stereocenters. The van der Waals surface area contributed by atoms with Gasteiger partial charge in [-0.05, 0) is 49.2 Å². The molecule has 0 amide bonds. The van der Waals surface area contributed by atoms with Crippen LogP contribution in [0.25, 0.3) is 22.4 Å². The minimum absolute atomic E-state index is 0.659. The standard InChI is InChI=1S/C23H21ClN2O/c1-17-8-2-5-13-22(17)27-15-7-14-26-21-12-4-3-11-20(21)25-23(26)18-9-6-10-19(24)16-18/h2-6,8-13,16H,7,14-15H2,1H3. The summed E-state index contributed by atoms with van der Waals surface area (Å²) in [4.78, 5) is 4.84. The summed E-state index contributed by atoms with van der Waals surface area (Å²) in [6, 6.07) is 24.2. The highest BCUT2D eigenvalue weighted by atomic mass is 35.5. The van der Waals surface area contributed by atoms with Crippen molar-refractivity contribution < 1.29 is 4.74 Å². The Hall–Kier alpha value is -2.78. The Morgan fingerprint density at radius 3 is 2.63 bits per heavy atom. The molecular formula is C23H21ClN2O. The lowest BCUT2D eigenvalue weighted by molar-refractivity contribution is 0.301. The lowest BCUT2D eigenvalue weighted by Crippen LogP contribution is -2.06. The molecule has 0 saturated carbocycles. The first-order valence-corrected chi connectivity index (χ1v) is 9.50. The molecule has 4 aromatic rings. The van der Waals surface area contributed by atoms with Crippen molar-refractivity contribution in [1.29, 1.82) is 0 Å². The first-order valence-electron chi connectivity index (χ1n) is 9.12. The van der Waals surface area contributed by atoms with Crippen molar-refractivity contribution in [2.45, 2.75) is 19.9 Å². The highest BCUT2D eigenvalue weighted by molar-refractivity contribution is 6.30. The summed E-state index contributed by atoms with van der Waals surface area (Å²) in [6.45, 7) is 3.55. The number of aryl methyl sites for hydroxylation is 2. The highest BCUT2D eigenvalue weighted by Crippen LogP contribution is 2.27. The second kappa shape index (κ2) is 7.85. The van der Waals surface area contributed by atoms with Gasteiger partial charge in [0, 0.05) is 17.1 Å². The van der Waals surface area contributed by atoms with Gasteiger partial charge in [0.25, 0.3) is 0 Å². The zero-order chi connectivity index (χ0) is 18.6. The molecule has 3 aromatic carbocycles. The van der Waals surface area contributed by atoms with E-state index in [-0.39, 0.29) is 0 Å². The van der Waals surface area contributed by atoms with Crippen molar-refractivity contribution in [3.63, 3.8) is 0 Å². The van der Waals surface area contributed by atoms with E-state index in [0.29, 0.717) is 11.6 Å². The van der Waals surface area contributed by atoms with Gasteiger partial charge in [-0.1, -0.05) is 54.1 Å². The van der Waals surface area contributed by atoms with Crippen molar-refractivity contribution in [3.8, 4) is 17.1 Å². The van der Waals surface area contributed by atoms with Crippen LogP contribution in [0.3, 0.4) is 0 Å². The van der Waals surface area contributed by atoms with Gasteiger partial charge in [-0.25, -0.2) is 4.98 Å². The van der Waals surface area contributed by atoms with E-state index in [4.69, 9.17) is 21.3 Å². The Balaban J connectivity index is 1.57. The average Bonchev–Trinajstić information content (AvgIpc) is 3.05. The molecule has 0 aliphatic heterocycles. The molecule has 1 aromatic heterocycles.